The van der Waals surface area contributed by atoms with Gasteiger partial charge < -0.3 is 49.1 Å². The Labute approximate surface area is 458 Å². The number of azide groups is 1. The van der Waals surface area contributed by atoms with Crippen molar-refractivity contribution in [3.63, 3.8) is 0 Å². The van der Waals surface area contributed by atoms with Crippen molar-refractivity contribution < 1.29 is 73.3 Å². The van der Waals surface area contributed by atoms with E-state index in [9.17, 15) is 55.1 Å². The minimum Gasteiger partial charge on any atom is -0.414 e. The van der Waals surface area contributed by atoms with Crippen molar-refractivity contribution in [2.45, 2.75) is 154 Å². The van der Waals surface area contributed by atoms with Gasteiger partial charge in [0, 0.05) is 44.0 Å². The van der Waals surface area contributed by atoms with Gasteiger partial charge in [0.15, 0.2) is 28.3 Å². The average molecular weight is 1180 g/mol. The van der Waals surface area contributed by atoms with E-state index in [1.165, 1.54) is 42.6 Å². The molecule has 0 aromatic carbocycles. The fourth-order valence-electron chi connectivity index (χ4n) is 6.50. The second-order valence-corrected chi connectivity index (χ2v) is 31.2. The van der Waals surface area contributed by atoms with Gasteiger partial charge in [0.05, 0.1) is 55.6 Å². The normalized spacial score (nSPS) is 19.5. The first-order chi connectivity index (χ1) is 36.4. The van der Waals surface area contributed by atoms with E-state index in [4.69, 9.17) is 33.3 Å². The van der Waals surface area contributed by atoms with Gasteiger partial charge in [-0.25, -0.2) is 9.59 Å². The van der Waals surface area contributed by atoms with E-state index < -0.39 is 108 Å². The van der Waals surface area contributed by atoms with Gasteiger partial charge in [0.1, 0.15) is 31.4 Å². The maximum Gasteiger partial charge on any atom is 0.471 e. The molecule has 0 aliphatic carbocycles. The smallest absolute Gasteiger partial charge is 0.414 e. The maximum absolute atomic E-state index is 12.9. The standard InChI is InChI=1S/C24H35F3N4O6SSi.C23H32F3N7O6Si/c1-15(32)29-20-16(9-8-10-28-21(33)24(25,26)27)12-31(22(34)30-20)19-11-17(35-14-38-5)18(37-19)13-36-39(6,7)23(2,3)4;1-14(34)30-19-15(8-7-9-28-20(35)23(24,25)26)11-33(21(36)31-19)18-10-16(37-13-29-32-27)17(39-18)12-38-40(5,6)22(2,3)4/h12,17-19H,10-11,13-14H2,1-7H3,(H,28,33)(H,29,30,32,34);11,16-18H,9-10,12-13H2,1-6H3,(H,28,35)(H,30,31,34,36). The monoisotopic (exact) mass is 1180 g/mol. The number of halogens is 6. The van der Waals surface area contributed by atoms with Crippen LogP contribution < -0.4 is 32.6 Å². The number of anilines is 2. The molecule has 2 aliphatic rings. The highest BCUT2D eigenvalue weighted by atomic mass is 32.2. The first-order valence-corrected chi connectivity index (χ1v) is 31.4. The average Bonchev–Trinajstić information content (AvgIpc) is 3.97. The van der Waals surface area contributed by atoms with E-state index in [-0.39, 0.29) is 65.3 Å². The van der Waals surface area contributed by atoms with Crippen LogP contribution in [0.5, 0.6) is 0 Å². The quantitative estimate of drug-likeness (QED) is 0.0238. The molecule has 6 unspecified atom stereocenters. The number of aromatic nitrogens is 4. The summed E-state index contributed by atoms with van der Waals surface area (Å²) in [5.74, 6) is 4.43. The predicted octanol–water partition coefficient (Wildman–Crippen LogP) is 6.44. The lowest BCUT2D eigenvalue weighted by Crippen LogP contribution is -2.44. The Kier molecular flexibility index (Phi) is 24.4. The highest BCUT2D eigenvalue weighted by Crippen LogP contribution is 2.40. The Hall–Kier alpha value is -5.81. The highest BCUT2D eigenvalue weighted by Gasteiger charge is 2.45. The van der Waals surface area contributed by atoms with Gasteiger partial charge in [-0.2, -0.15) is 36.3 Å². The number of carbonyl (C=O) groups excluding carboxylic acids is 4. The zero-order valence-electron chi connectivity index (χ0n) is 46.0. The summed E-state index contributed by atoms with van der Waals surface area (Å²) in [6.45, 7) is 22.2. The molecule has 0 radical (unpaired) electrons. The topological polar surface area (TPSA) is 290 Å². The molecule has 4 N–H and O–H groups in total. The van der Waals surface area contributed by atoms with Gasteiger partial charge in [-0.3, -0.25) is 28.3 Å². The summed E-state index contributed by atoms with van der Waals surface area (Å²) in [5, 5.41) is 11.3. The number of hydrogen-bond acceptors (Lipinski definition) is 16. The van der Waals surface area contributed by atoms with Gasteiger partial charge in [-0.1, -0.05) is 70.3 Å². The molecule has 4 rings (SSSR count). The third kappa shape index (κ3) is 20.7. The van der Waals surface area contributed by atoms with Gasteiger partial charge >= 0.3 is 35.5 Å². The molecule has 4 heterocycles. The van der Waals surface area contributed by atoms with Crippen molar-refractivity contribution in [1.29, 1.82) is 0 Å². The Morgan fingerprint density at radius 3 is 1.44 bits per heavy atom. The van der Waals surface area contributed by atoms with Crippen molar-refractivity contribution in [3.8, 4) is 23.7 Å². The van der Waals surface area contributed by atoms with Gasteiger partial charge in [-0.15, -0.1) is 11.8 Å². The highest BCUT2D eigenvalue weighted by molar-refractivity contribution is 7.98. The molecule has 32 heteroatoms. The molecule has 2 saturated heterocycles. The van der Waals surface area contributed by atoms with Crippen LogP contribution >= 0.6 is 11.8 Å². The SMILES string of the molecule is CC(=O)Nc1nc(=O)n(C2CC(OCN=[N+]=[N-])C(CO[Si](C)(C)C(C)(C)C)O2)cc1C#CCNC(=O)C(F)(F)F.CSCOC1CC(n2cc(C#CCNC(=O)C(F)(F)F)c(NC(C)=O)nc2=O)OC1CO[Si](C)(C)C(C)(C)C. The zero-order chi connectivity index (χ0) is 59.9. The van der Waals surface area contributed by atoms with Crippen molar-refractivity contribution in [2.75, 3.05) is 55.9 Å². The predicted molar refractivity (Wildman–Crippen MR) is 283 cm³/mol. The third-order valence-electron chi connectivity index (χ3n) is 12.7. The molecule has 2 fully saturated rings. The fourth-order valence-corrected chi connectivity index (χ4v) is 8.84. The number of alkyl halides is 6. The Bertz CT molecular complexity index is 2800. The number of ether oxygens (including phenoxy) is 4. The zero-order valence-corrected chi connectivity index (χ0v) is 48.8. The van der Waals surface area contributed by atoms with E-state index in [1.807, 2.05) is 6.26 Å². The minimum atomic E-state index is -5.07. The minimum absolute atomic E-state index is 0.00724. The number of amides is 4. The summed E-state index contributed by atoms with van der Waals surface area (Å²) >= 11 is 1.49. The van der Waals surface area contributed by atoms with Crippen LogP contribution in [-0.4, -0.2) is 141 Å². The summed E-state index contributed by atoms with van der Waals surface area (Å²) in [5.41, 5.74) is 7.12. The molecule has 2 aromatic heterocycles. The molecule has 6 atom stereocenters. The van der Waals surface area contributed by atoms with Crippen LogP contribution in [0, 0.1) is 23.7 Å². The molecule has 23 nitrogen and oxygen atoms in total. The molecule has 0 spiro atoms. The Morgan fingerprint density at radius 2 is 1.11 bits per heavy atom. The third-order valence-corrected chi connectivity index (χ3v) is 22.1. The second-order valence-electron chi connectivity index (χ2n) is 20.8. The fraction of sp³-hybridized carbons (Fsp3) is 0.660. The summed E-state index contributed by atoms with van der Waals surface area (Å²) < 4.78 is 113. The number of nitrogens with zero attached hydrogens (tertiary/aromatic N) is 7. The summed E-state index contributed by atoms with van der Waals surface area (Å²) in [6, 6.07) is 0. The molecule has 79 heavy (non-hydrogen) atoms. The van der Waals surface area contributed by atoms with Crippen molar-refractivity contribution >= 4 is 63.7 Å². The molecular weight excluding hydrogens is 1110 g/mol. The van der Waals surface area contributed by atoms with E-state index in [0.29, 0.717) is 12.4 Å². The van der Waals surface area contributed by atoms with Crippen LogP contribution in [0.2, 0.25) is 36.3 Å². The summed E-state index contributed by atoms with van der Waals surface area (Å²) in [6.07, 6.45) is -9.02. The van der Waals surface area contributed by atoms with Crippen molar-refractivity contribution in [1.82, 2.24) is 29.7 Å². The van der Waals surface area contributed by atoms with Crippen LogP contribution in [-0.2, 0) is 47.0 Å². The number of thioether (sulfide) groups is 1. The number of hydrogen-bond donors (Lipinski definition) is 4. The molecule has 2 aliphatic heterocycles. The van der Waals surface area contributed by atoms with E-state index in [1.54, 1.807) is 10.6 Å². The van der Waals surface area contributed by atoms with Crippen LogP contribution in [0.3, 0.4) is 0 Å². The lowest BCUT2D eigenvalue weighted by molar-refractivity contribution is -0.173. The van der Waals surface area contributed by atoms with Crippen molar-refractivity contribution in [2.24, 2.45) is 5.11 Å². The molecule has 438 valence electrons. The lowest BCUT2D eigenvalue weighted by Gasteiger charge is -2.37. The Balaban J connectivity index is 0.000000415. The lowest BCUT2D eigenvalue weighted by atomic mass is 10.2. The molecule has 0 saturated carbocycles. The Morgan fingerprint density at radius 1 is 0.734 bits per heavy atom. The summed E-state index contributed by atoms with van der Waals surface area (Å²) in [7, 11) is -4.28. The van der Waals surface area contributed by atoms with Gasteiger partial charge in [0.25, 0.3) is 0 Å². The van der Waals surface area contributed by atoms with Crippen LogP contribution in [0.4, 0.5) is 38.0 Å². The van der Waals surface area contributed by atoms with E-state index >= 15 is 0 Å². The van der Waals surface area contributed by atoms with Crippen LogP contribution in [0.25, 0.3) is 10.4 Å². The van der Waals surface area contributed by atoms with Gasteiger partial charge in [-0.05, 0) is 48.1 Å². The molecule has 2 aromatic rings. The molecular formula is C47H67F6N11O12SSi2. The molecule has 4 amide bonds. The van der Waals surface area contributed by atoms with E-state index in [2.05, 4.69) is 122 Å². The summed E-state index contributed by atoms with van der Waals surface area (Å²) in [4.78, 5) is 81.4. The van der Waals surface area contributed by atoms with Crippen LogP contribution in [0.15, 0.2) is 27.1 Å². The number of carbonyl (C=O) groups is 4. The largest absolute Gasteiger partial charge is 0.471 e. The molecule has 0 bridgehead atoms. The first kappa shape index (κ1) is 67.5. The van der Waals surface area contributed by atoms with Crippen LogP contribution in [0.1, 0.15) is 91.8 Å². The van der Waals surface area contributed by atoms with E-state index in [0.717, 1.165) is 4.57 Å². The maximum atomic E-state index is 12.9. The number of rotatable bonds is 18. The van der Waals surface area contributed by atoms with Gasteiger partial charge in [0.2, 0.25) is 11.8 Å². The second kappa shape index (κ2) is 28.6. The van der Waals surface area contributed by atoms with Crippen molar-refractivity contribution in [3.05, 3.63) is 54.9 Å². The first-order valence-electron chi connectivity index (χ1n) is 24.2. The number of nitrogens with one attached hydrogen (secondary N) is 4.